The third-order valence-corrected chi connectivity index (χ3v) is 6.01. The van der Waals surface area contributed by atoms with Crippen LogP contribution in [0, 0.1) is 0 Å². The Morgan fingerprint density at radius 1 is 1.11 bits per heavy atom. The number of rotatable bonds is 10. The summed E-state index contributed by atoms with van der Waals surface area (Å²) in [6, 6.07) is 17.4. The van der Waals surface area contributed by atoms with E-state index in [2.05, 4.69) is 22.4 Å². The number of para-hydroxylation sites is 1. The number of anilines is 1. The van der Waals surface area contributed by atoms with Crippen molar-refractivity contribution in [3.8, 4) is 5.75 Å². The van der Waals surface area contributed by atoms with E-state index in [0.717, 1.165) is 40.7 Å². The minimum Gasteiger partial charge on any atom is -0.494 e. The van der Waals surface area contributed by atoms with E-state index >= 15 is 0 Å². The van der Waals surface area contributed by atoms with Crippen LogP contribution in [0.25, 0.3) is 0 Å². The van der Waals surface area contributed by atoms with E-state index in [0.29, 0.717) is 17.3 Å². The Balaban J connectivity index is 1.49. The molecule has 0 spiro atoms. The van der Waals surface area contributed by atoms with Gasteiger partial charge in [-0.2, -0.15) is 0 Å². The summed E-state index contributed by atoms with van der Waals surface area (Å²) in [6.07, 6.45) is 2.67. The van der Waals surface area contributed by atoms with Crippen LogP contribution in [0.15, 0.2) is 59.5 Å². The van der Waals surface area contributed by atoms with Crippen LogP contribution in [0.4, 0.5) is 5.13 Å². The van der Waals surface area contributed by atoms with Crippen LogP contribution in [0.3, 0.4) is 0 Å². The van der Waals surface area contributed by atoms with E-state index in [1.165, 1.54) is 11.3 Å². The lowest BCUT2D eigenvalue weighted by Crippen LogP contribution is -2.12. The topological polar surface area (TPSA) is 64.1 Å². The van der Waals surface area contributed by atoms with Crippen molar-refractivity contribution in [1.82, 2.24) is 10.2 Å². The predicted octanol–water partition coefficient (Wildman–Crippen LogP) is 5.30. The first-order valence-electron chi connectivity index (χ1n) is 9.29. The van der Waals surface area contributed by atoms with Crippen molar-refractivity contribution in [3.05, 3.63) is 65.2 Å². The SMILES string of the molecule is CCCSc1ccccc1C(=O)Nc1nnc(CCCOc2ccccc2)s1. The molecule has 0 saturated heterocycles. The van der Waals surface area contributed by atoms with E-state index in [4.69, 9.17) is 4.74 Å². The van der Waals surface area contributed by atoms with E-state index in [-0.39, 0.29) is 5.91 Å². The number of thioether (sulfide) groups is 1. The molecule has 1 heterocycles. The average Bonchev–Trinajstić information content (AvgIpc) is 3.18. The molecule has 0 fully saturated rings. The Morgan fingerprint density at radius 3 is 2.71 bits per heavy atom. The Morgan fingerprint density at radius 2 is 1.89 bits per heavy atom. The summed E-state index contributed by atoms with van der Waals surface area (Å²) in [5, 5.41) is 12.6. The molecule has 2 aromatic carbocycles. The van der Waals surface area contributed by atoms with E-state index in [1.54, 1.807) is 11.8 Å². The van der Waals surface area contributed by atoms with Gasteiger partial charge < -0.3 is 4.74 Å². The molecule has 0 aliphatic rings. The minimum absolute atomic E-state index is 0.144. The van der Waals surface area contributed by atoms with Gasteiger partial charge in [-0.05, 0) is 42.9 Å². The smallest absolute Gasteiger partial charge is 0.258 e. The first-order valence-corrected chi connectivity index (χ1v) is 11.1. The lowest BCUT2D eigenvalue weighted by molar-refractivity contribution is 0.102. The third-order valence-electron chi connectivity index (χ3n) is 3.83. The Hall–Kier alpha value is -2.38. The molecular formula is C21H23N3O2S2. The summed E-state index contributed by atoms with van der Waals surface area (Å²) in [7, 11) is 0. The summed E-state index contributed by atoms with van der Waals surface area (Å²) >= 11 is 3.10. The lowest BCUT2D eigenvalue weighted by Gasteiger charge is -2.07. The zero-order valence-electron chi connectivity index (χ0n) is 15.8. The Kier molecular flexibility index (Phi) is 7.87. The van der Waals surface area contributed by atoms with Crippen molar-refractivity contribution >= 4 is 34.1 Å². The number of hydrogen-bond acceptors (Lipinski definition) is 6. The highest BCUT2D eigenvalue weighted by Gasteiger charge is 2.14. The number of hydrogen-bond donors (Lipinski definition) is 1. The number of carbonyl (C=O) groups is 1. The zero-order valence-corrected chi connectivity index (χ0v) is 17.4. The van der Waals surface area contributed by atoms with Gasteiger partial charge in [0.15, 0.2) is 0 Å². The zero-order chi connectivity index (χ0) is 19.6. The number of ether oxygens (including phenoxy) is 1. The lowest BCUT2D eigenvalue weighted by atomic mass is 10.2. The highest BCUT2D eigenvalue weighted by Crippen LogP contribution is 2.25. The monoisotopic (exact) mass is 413 g/mol. The van der Waals surface area contributed by atoms with Crippen LogP contribution < -0.4 is 10.1 Å². The average molecular weight is 414 g/mol. The van der Waals surface area contributed by atoms with Crippen LogP contribution in [0.2, 0.25) is 0 Å². The number of amides is 1. The van der Waals surface area contributed by atoms with Gasteiger partial charge in [-0.25, -0.2) is 0 Å². The summed E-state index contributed by atoms with van der Waals surface area (Å²) in [6.45, 7) is 2.75. The summed E-state index contributed by atoms with van der Waals surface area (Å²) < 4.78 is 5.69. The highest BCUT2D eigenvalue weighted by molar-refractivity contribution is 7.99. The Labute approximate surface area is 173 Å². The molecular weight excluding hydrogens is 390 g/mol. The maximum absolute atomic E-state index is 12.6. The van der Waals surface area contributed by atoms with Crippen molar-refractivity contribution < 1.29 is 9.53 Å². The van der Waals surface area contributed by atoms with Crippen LogP contribution >= 0.6 is 23.1 Å². The molecule has 0 saturated carbocycles. The van der Waals surface area contributed by atoms with Gasteiger partial charge >= 0.3 is 0 Å². The largest absolute Gasteiger partial charge is 0.494 e. The van der Waals surface area contributed by atoms with Crippen molar-refractivity contribution in [2.45, 2.75) is 31.1 Å². The van der Waals surface area contributed by atoms with Crippen molar-refractivity contribution in [3.63, 3.8) is 0 Å². The molecule has 1 amide bonds. The molecule has 7 heteroatoms. The molecule has 0 atom stereocenters. The van der Waals surface area contributed by atoms with Crippen LogP contribution in [0.1, 0.15) is 35.1 Å². The molecule has 0 aliphatic carbocycles. The van der Waals surface area contributed by atoms with Gasteiger partial charge in [0.1, 0.15) is 10.8 Å². The number of aryl methyl sites for hydroxylation is 1. The van der Waals surface area contributed by atoms with Gasteiger partial charge in [0, 0.05) is 11.3 Å². The molecule has 0 bridgehead atoms. The molecule has 3 aromatic rings. The van der Waals surface area contributed by atoms with Crippen molar-refractivity contribution in [2.24, 2.45) is 0 Å². The van der Waals surface area contributed by atoms with Crippen molar-refractivity contribution in [2.75, 3.05) is 17.7 Å². The quantitative estimate of drug-likeness (QED) is 0.361. The maximum atomic E-state index is 12.6. The highest BCUT2D eigenvalue weighted by atomic mass is 32.2. The van der Waals surface area contributed by atoms with E-state index < -0.39 is 0 Å². The fourth-order valence-corrected chi connectivity index (χ4v) is 4.18. The number of aromatic nitrogens is 2. The molecule has 28 heavy (non-hydrogen) atoms. The van der Waals surface area contributed by atoms with Crippen molar-refractivity contribution in [1.29, 1.82) is 0 Å². The fourth-order valence-electron chi connectivity index (χ4n) is 2.49. The van der Waals surface area contributed by atoms with E-state index in [1.807, 2.05) is 54.6 Å². The normalized spacial score (nSPS) is 10.6. The van der Waals surface area contributed by atoms with Gasteiger partial charge in [-0.1, -0.05) is 48.6 Å². The molecule has 1 aromatic heterocycles. The second-order valence-corrected chi connectivity index (χ2v) is 8.26. The molecule has 1 N–H and O–H groups in total. The van der Waals surface area contributed by atoms with Gasteiger partial charge in [0.2, 0.25) is 5.13 Å². The van der Waals surface area contributed by atoms with Gasteiger partial charge in [-0.15, -0.1) is 22.0 Å². The van der Waals surface area contributed by atoms with Crippen LogP contribution in [-0.2, 0) is 6.42 Å². The van der Waals surface area contributed by atoms with Gasteiger partial charge in [0.05, 0.1) is 12.2 Å². The number of nitrogens with zero attached hydrogens (tertiary/aromatic N) is 2. The minimum atomic E-state index is -0.144. The van der Waals surface area contributed by atoms with Gasteiger partial charge in [0.25, 0.3) is 5.91 Å². The first-order chi connectivity index (χ1) is 13.8. The molecule has 0 aliphatic heterocycles. The summed E-state index contributed by atoms with van der Waals surface area (Å²) in [5.74, 6) is 1.71. The van der Waals surface area contributed by atoms with Gasteiger partial charge in [-0.3, -0.25) is 10.1 Å². The number of nitrogens with one attached hydrogen (secondary N) is 1. The molecule has 146 valence electrons. The fraction of sp³-hybridized carbons (Fsp3) is 0.286. The van der Waals surface area contributed by atoms with Crippen LogP contribution in [0.5, 0.6) is 5.75 Å². The summed E-state index contributed by atoms with van der Waals surface area (Å²) in [5.41, 5.74) is 0.675. The third kappa shape index (κ3) is 6.07. The number of benzene rings is 2. The van der Waals surface area contributed by atoms with E-state index in [9.17, 15) is 4.79 Å². The molecule has 3 rings (SSSR count). The Bertz CT molecular complexity index is 884. The predicted molar refractivity (Wildman–Crippen MR) is 116 cm³/mol. The molecule has 0 unspecified atom stereocenters. The summed E-state index contributed by atoms with van der Waals surface area (Å²) in [4.78, 5) is 13.6. The second-order valence-electron chi connectivity index (χ2n) is 6.06. The standard InChI is InChI=1S/C21H23N3O2S2/c1-2-15-27-18-12-7-6-11-17(18)20(25)22-21-24-23-19(28-21)13-8-14-26-16-9-4-3-5-10-16/h3-7,9-12H,2,8,13-15H2,1H3,(H,22,24,25). The van der Waals surface area contributed by atoms with Crippen LogP contribution in [-0.4, -0.2) is 28.5 Å². The first kappa shape index (κ1) is 20.4. The second kappa shape index (κ2) is 10.8. The maximum Gasteiger partial charge on any atom is 0.258 e. The molecule has 0 radical (unpaired) electrons. The number of carbonyl (C=O) groups excluding carboxylic acids is 1. The molecule has 5 nitrogen and oxygen atoms in total.